The van der Waals surface area contributed by atoms with Crippen LogP contribution in [-0.2, 0) is 11.3 Å². The maximum absolute atomic E-state index is 11.0. The van der Waals surface area contributed by atoms with Crippen LogP contribution >= 0.6 is 0 Å². The van der Waals surface area contributed by atoms with Gasteiger partial charge in [-0.15, -0.1) is 0 Å². The Morgan fingerprint density at radius 2 is 1.95 bits per heavy atom. The SMILES string of the molecule is Cc1ccc(CN2CCC3(CC2)CC3C(=O)O)cc1. The lowest BCUT2D eigenvalue weighted by molar-refractivity contribution is -0.139. The van der Waals surface area contributed by atoms with Gasteiger partial charge in [-0.05, 0) is 50.3 Å². The number of carboxylic acids is 1. The highest BCUT2D eigenvalue weighted by molar-refractivity contribution is 5.74. The molecule has 3 nitrogen and oxygen atoms in total. The highest BCUT2D eigenvalue weighted by Gasteiger charge is 2.58. The topological polar surface area (TPSA) is 40.5 Å². The lowest BCUT2D eigenvalue weighted by Gasteiger charge is -2.32. The maximum Gasteiger partial charge on any atom is 0.307 e. The smallest absolute Gasteiger partial charge is 0.307 e. The monoisotopic (exact) mass is 259 g/mol. The molecule has 3 heteroatoms. The van der Waals surface area contributed by atoms with Crippen molar-refractivity contribution in [3.8, 4) is 0 Å². The molecule has 3 rings (SSSR count). The van der Waals surface area contributed by atoms with Crippen LogP contribution in [0.4, 0.5) is 0 Å². The quantitative estimate of drug-likeness (QED) is 0.907. The number of aliphatic carboxylic acids is 1. The van der Waals surface area contributed by atoms with Gasteiger partial charge in [0.15, 0.2) is 0 Å². The minimum Gasteiger partial charge on any atom is -0.481 e. The molecular weight excluding hydrogens is 238 g/mol. The first-order valence-corrected chi connectivity index (χ1v) is 7.10. The van der Waals surface area contributed by atoms with Gasteiger partial charge < -0.3 is 5.11 Å². The summed E-state index contributed by atoms with van der Waals surface area (Å²) in [7, 11) is 0. The van der Waals surface area contributed by atoms with E-state index in [1.165, 1.54) is 11.1 Å². The fourth-order valence-electron chi connectivity index (χ4n) is 3.36. The van der Waals surface area contributed by atoms with Gasteiger partial charge in [-0.1, -0.05) is 29.8 Å². The number of carbonyl (C=O) groups is 1. The van der Waals surface area contributed by atoms with Gasteiger partial charge in [-0.3, -0.25) is 9.69 Å². The van der Waals surface area contributed by atoms with Gasteiger partial charge in [0, 0.05) is 6.54 Å². The van der Waals surface area contributed by atoms with E-state index in [4.69, 9.17) is 5.11 Å². The molecule has 2 aliphatic rings. The molecule has 0 radical (unpaired) electrons. The molecule has 1 aliphatic heterocycles. The van der Waals surface area contributed by atoms with E-state index in [0.717, 1.165) is 38.9 Å². The van der Waals surface area contributed by atoms with E-state index in [1.54, 1.807) is 0 Å². The van der Waals surface area contributed by atoms with E-state index in [-0.39, 0.29) is 11.3 Å². The van der Waals surface area contributed by atoms with Gasteiger partial charge in [0.25, 0.3) is 0 Å². The number of rotatable bonds is 3. The molecule has 1 atom stereocenters. The number of piperidine rings is 1. The predicted octanol–water partition coefficient (Wildman–Crippen LogP) is 2.68. The molecule has 0 bridgehead atoms. The Morgan fingerprint density at radius 1 is 1.32 bits per heavy atom. The molecule has 0 amide bonds. The first-order chi connectivity index (χ1) is 9.09. The summed E-state index contributed by atoms with van der Waals surface area (Å²) in [5.41, 5.74) is 2.80. The van der Waals surface area contributed by atoms with Crippen molar-refractivity contribution in [3.63, 3.8) is 0 Å². The summed E-state index contributed by atoms with van der Waals surface area (Å²) in [5, 5.41) is 9.08. The highest BCUT2D eigenvalue weighted by Crippen LogP contribution is 2.59. The molecule has 1 aromatic carbocycles. The van der Waals surface area contributed by atoms with Crippen LogP contribution in [0.2, 0.25) is 0 Å². The standard InChI is InChI=1S/C16H21NO2/c1-12-2-4-13(5-3-12)11-17-8-6-16(7-9-17)10-14(16)15(18)19/h2-5,14H,6-11H2,1H3,(H,18,19). The third-order valence-electron chi connectivity index (χ3n) is 4.87. The molecule has 1 spiro atoms. The van der Waals surface area contributed by atoms with E-state index in [9.17, 15) is 4.79 Å². The van der Waals surface area contributed by atoms with Crippen molar-refractivity contribution in [1.82, 2.24) is 4.90 Å². The van der Waals surface area contributed by atoms with Crippen molar-refractivity contribution in [1.29, 1.82) is 0 Å². The second-order valence-corrected chi connectivity index (χ2v) is 6.22. The summed E-state index contributed by atoms with van der Waals surface area (Å²) in [6.45, 7) is 5.18. The Bertz CT molecular complexity index is 472. The van der Waals surface area contributed by atoms with E-state index < -0.39 is 5.97 Å². The molecule has 0 aromatic heterocycles. The van der Waals surface area contributed by atoms with Crippen LogP contribution in [0.5, 0.6) is 0 Å². The van der Waals surface area contributed by atoms with Crippen LogP contribution in [0.25, 0.3) is 0 Å². The fourth-order valence-corrected chi connectivity index (χ4v) is 3.36. The normalized spacial score (nSPS) is 25.4. The van der Waals surface area contributed by atoms with Crippen molar-refractivity contribution < 1.29 is 9.90 Å². The van der Waals surface area contributed by atoms with Crippen LogP contribution < -0.4 is 0 Å². The van der Waals surface area contributed by atoms with Crippen LogP contribution in [0, 0.1) is 18.3 Å². The summed E-state index contributed by atoms with van der Waals surface area (Å²) in [4.78, 5) is 13.5. The van der Waals surface area contributed by atoms with Crippen LogP contribution in [-0.4, -0.2) is 29.1 Å². The number of hydrogen-bond donors (Lipinski definition) is 1. The number of aryl methyl sites for hydroxylation is 1. The van der Waals surface area contributed by atoms with Crippen molar-refractivity contribution in [2.24, 2.45) is 11.3 Å². The first kappa shape index (κ1) is 12.7. The van der Waals surface area contributed by atoms with Gasteiger partial charge in [0.05, 0.1) is 5.92 Å². The summed E-state index contributed by atoms with van der Waals surface area (Å²) in [6.07, 6.45) is 3.01. The Balaban J connectivity index is 1.54. The van der Waals surface area contributed by atoms with Gasteiger partial charge >= 0.3 is 5.97 Å². The Kier molecular flexibility index (Phi) is 3.09. The summed E-state index contributed by atoms with van der Waals surface area (Å²) >= 11 is 0. The Morgan fingerprint density at radius 3 is 2.47 bits per heavy atom. The van der Waals surface area contributed by atoms with Crippen molar-refractivity contribution in [2.75, 3.05) is 13.1 Å². The van der Waals surface area contributed by atoms with E-state index in [0.29, 0.717) is 0 Å². The Hall–Kier alpha value is -1.35. The van der Waals surface area contributed by atoms with Crippen LogP contribution in [0.1, 0.15) is 30.4 Å². The molecule has 19 heavy (non-hydrogen) atoms. The molecule has 2 fully saturated rings. The Labute approximate surface area is 114 Å². The molecule has 1 saturated heterocycles. The predicted molar refractivity (Wildman–Crippen MR) is 73.9 cm³/mol. The van der Waals surface area contributed by atoms with Crippen molar-refractivity contribution in [3.05, 3.63) is 35.4 Å². The van der Waals surface area contributed by atoms with Gasteiger partial charge in [0.2, 0.25) is 0 Å². The minimum atomic E-state index is -0.591. The minimum absolute atomic E-state index is 0.0611. The summed E-state index contributed by atoms with van der Waals surface area (Å²) in [5.74, 6) is -0.652. The number of carboxylic acid groups (broad SMARTS) is 1. The van der Waals surface area contributed by atoms with Crippen LogP contribution in [0.3, 0.4) is 0 Å². The lowest BCUT2D eigenvalue weighted by atomic mass is 9.90. The molecule has 1 unspecified atom stereocenters. The second kappa shape index (κ2) is 4.64. The first-order valence-electron chi connectivity index (χ1n) is 7.10. The largest absolute Gasteiger partial charge is 0.481 e. The third-order valence-corrected chi connectivity index (χ3v) is 4.87. The highest BCUT2D eigenvalue weighted by atomic mass is 16.4. The lowest BCUT2D eigenvalue weighted by Crippen LogP contribution is -2.35. The zero-order chi connectivity index (χ0) is 13.5. The van der Waals surface area contributed by atoms with Crippen molar-refractivity contribution >= 4 is 5.97 Å². The molecule has 102 valence electrons. The average molecular weight is 259 g/mol. The van der Waals surface area contributed by atoms with Crippen LogP contribution in [0.15, 0.2) is 24.3 Å². The average Bonchev–Trinajstić information content (AvgIpc) is 3.10. The third kappa shape index (κ3) is 2.52. The van der Waals surface area contributed by atoms with E-state index >= 15 is 0 Å². The molecule has 1 heterocycles. The molecule has 1 saturated carbocycles. The van der Waals surface area contributed by atoms with E-state index in [2.05, 4.69) is 36.1 Å². The van der Waals surface area contributed by atoms with Gasteiger partial charge in [-0.2, -0.15) is 0 Å². The fraction of sp³-hybridized carbons (Fsp3) is 0.562. The molecular formula is C16H21NO2. The van der Waals surface area contributed by atoms with Gasteiger partial charge in [0.1, 0.15) is 0 Å². The molecule has 1 aromatic rings. The van der Waals surface area contributed by atoms with Crippen molar-refractivity contribution in [2.45, 2.75) is 32.7 Å². The van der Waals surface area contributed by atoms with Gasteiger partial charge in [-0.25, -0.2) is 0 Å². The number of benzene rings is 1. The number of nitrogens with zero attached hydrogens (tertiary/aromatic N) is 1. The zero-order valence-corrected chi connectivity index (χ0v) is 11.4. The molecule has 1 aliphatic carbocycles. The zero-order valence-electron chi connectivity index (χ0n) is 11.4. The number of likely N-dealkylation sites (tertiary alicyclic amines) is 1. The maximum atomic E-state index is 11.0. The molecule has 1 N–H and O–H groups in total. The van der Waals surface area contributed by atoms with E-state index in [1.807, 2.05) is 0 Å². The summed E-state index contributed by atoms with van der Waals surface area (Å²) in [6, 6.07) is 8.69. The second-order valence-electron chi connectivity index (χ2n) is 6.22. The summed E-state index contributed by atoms with van der Waals surface area (Å²) < 4.78 is 0. The number of hydrogen-bond acceptors (Lipinski definition) is 2.